The summed E-state index contributed by atoms with van der Waals surface area (Å²) in [5.74, 6) is 0.390. The van der Waals surface area contributed by atoms with E-state index in [-0.39, 0.29) is 17.3 Å². The zero-order valence-corrected chi connectivity index (χ0v) is 12.9. The topological polar surface area (TPSA) is 78.2 Å². The minimum absolute atomic E-state index is 0.0925. The summed E-state index contributed by atoms with van der Waals surface area (Å²) in [4.78, 5) is 19.0. The third-order valence-electron chi connectivity index (χ3n) is 3.40. The number of ether oxygens (including phenoxy) is 1. The Kier molecular flexibility index (Phi) is 4.08. The van der Waals surface area contributed by atoms with Crippen LogP contribution in [0, 0.1) is 10.1 Å². The van der Waals surface area contributed by atoms with E-state index in [4.69, 9.17) is 16.3 Å². The number of rotatable bonds is 4. The predicted molar refractivity (Wildman–Crippen MR) is 87.1 cm³/mol. The molecular formula is C16H12ClN3O3. The van der Waals surface area contributed by atoms with Crippen molar-refractivity contribution in [1.82, 2.24) is 9.97 Å². The SMILES string of the molecule is CCc1ccc(Oc2ncnc3cc(Cl)ccc23)c([N+](=O)[O-])c1. The molecule has 3 aromatic rings. The molecule has 0 saturated heterocycles. The highest BCUT2D eigenvalue weighted by Gasteiger charge is 2.18. The molecule has 0 fully saturated rings. The molecule has 3 rings (SSSR count). The molecule has 0 amide bonds. The highest BCUT2D eigenvalue weighted by atomic mass is 35.5. The third kappa shape index (κ3) is 3.07. The number of aromatic nitrogens is 2. The molecule has 0 bridgehead atoms. The lowest BCUT2D eigenvalue weighted by atomic mass is 10.1. The number of hydrogen-bond acceptors (Lipinski definition) is 5. The van der Waals surface area contributed by atoms with Crippen LogP contribution in [0.25, 0.3) is 10.9 Å². The van der Waals surface area contributed by atoms with Crippen molar-refractivity contribution < 1.29 is 9.66 Å². The first kappa shape index (κ1) is 15.2. The van der Waals surface area contributed by atoms with Crippen LogP contribution in [0.3, 0.4) is 0 Å². The molecule has 0 spiro atoms. The first-order valence-electron chi connectivity index (χ1n) is 6.94. The molecule has 0 aliphatic rings. The Morgan fingerprint density at radius 1 is 1.22 bits per heavy atom. The lowest BCUT2D eigenvalue weighted by Crippen LogP contribution is -1.97. The fourth-order valence-electron chi connectivity index (χ4n) is 2.20. The summed E-state index contributed by atoms with van der Waals surface area (Å²) in [5, 5.41) is 12.4. The third-order valence-corrected chi connectivity index (χ3v) is 3.63. The van der Waals surface area contributed by atoms with Crippen molar-refractivity contribution in [3.63, 3.8) is 0 Å². The Hall–Kier alpha value is -2.73. The zero-order valence-electron chi connectivity index (χ0n) is 12.2. The van der Waals surface area contributed by atoms with E-state index in [1.54, 1.807) is 30.3 Å². The summed E-state index contributed by atoms with van der Waals surface area (Å²) in [6.45, 7) is 1.93. The molecule has 1 aromatic heterocycles. The summed E-state index contributed by atoms with van der Waals surface area (Å²) in [6.07, 6.45) is 2.04. The normalized spacial score (nSPS) is 10.7. The van der Waals surface area contributed by atoms with Gasteiger partial charge < -0.3 is 4.74 Å². The molecule has 0 radical (unpaired) electrons. The zero-order chi connectivity index (χ0) is 16.4. The number of halogens is 1. The van der Waals surface area contributed by atoms with Crippen LogP contribution in [0.5, 0.6) is 11.6 Å². The second-order valence-corrected chi connectivity index (χ2v) is 5.29. The molecule has 2 aromatic carbocycles. The Morgan fingerprint density at radius 3 is 2.78 bits per heavy atom. The lowest BCUT2D eigenvalue weighted by Gasteiger charge is -2.08. The summed E-state index contributed by atoms with van der Waals surface area (Å²) in [5.41, 5.74) is 1.38. The number of nitro groups is 1. The average Bonchev–Trinajstić information content (AvgIpc) is 2.55. The standard InChI is InChI=1S/C16H12ClN3O3/c1-2-10-3-6-15(14(7-10)20(21)22)23-16-12-5-4-11(17)8-13(12)18-9-19-16/h3-9H,2H2,1H3. The van der Waals surface area contributed by atoms with Crippen molar-refractivity contribution in [2.45, 2.75) is 13.3 Å². The van der Waals surface area contributed by atoms with Crippen molar-refractivity contribution in [2.24, 2.45) is 0 Å². The molecule has 7 heteroatoms. The first-order valence-corrected chi connectivity index (χ1v) is 7.31. The molecule has 0 aliphatic heterocycles. The average molecular weight is 330 g/mol. The van der Waals surface area contributed by atoms with Crippen LogP contribution in [0.4, 0.5) is 5.69 Å². The number of benzene rings is 2. The second-order valence-electron chi connectivity index (χ2n) is 4.86. The van der Waals surface area contributed by atoms with E-state index < -0.39 is 4.92 Å². The van der Waals surface area contributed by atoms with Crippen LogP contribution >= 0.6 is 11.6 Å². The van der Waals surface area contributed by atoms with Crippen LogP contribution in [0.2, 0.25) is 5.02 Å². The van der Waals surface area contributed by atoms with Gasteiger partial charge in [0.1, 0.15) is 6.33 Å². The van der Waals surface area contributed by atoms with Gasteiger partial charge in [-0.1, -0.05) is 24.6 Å². The highest BCUT2D eigenvalue weighted by Crippen LogP contribution is 2.34. The van der Waals surface area contributed by atoms with Gasteiger partial charge in [0.15, 0.2) is 0 Å². The maximum Gasteiger partial charge on any atom is 0.311 e. The fourth-order valence-corrected chi connectivity index (χ4v) is 2.37. The highest BCUT2D eigenvalue weighted by molar-refractivity contribution is 6.31. The molecule has 0 N–H and O–H groups in total. The van der Waals surface area contributed by atoms with Gasteiger partial charge in [-0.05, 0) is 36.2 Å². The van der Waals surface area contributed by atoms with Crippen LogP contribution in [-0.2, 0) is 6.42 Å². The van der Waals surface area contributed by atoms with Crippen LogP contribution in [0.15, 0.2) is 42.7 Å². The predicted octanol–water partition coefficient (Wildman–Crippen LogP) is 4.55. The van der Waals surface area contributed by atoms with Gasteiger partial charge in [-0.3, -0.25) is 10.1 Å². The van der Waals surface area contributed by atoms with E-state index in [0.29, 0.717) is 22.3 Å². The van der Waals surface area contributed by atoms with Gasteiger partial charge in [0.2, 0.25) is 11.6 Å². The van der Waals surface area contributed by atoms with Gasteiger partial charge in [0.25, 0.3) is 0 Å². The monoisotopic (exact) mass is 329 g/mol. The van der Waals surface area contributed by atoms with Crippen molar-refractivity contribution >= 4 is 28.2 Å². The van der Waals surface area contributed by atoms with Crippen molar-refractivity contribution in [1.29, 1.82) is 0 Å². The molecule has 0 atom stereocenters. The minimum Gasteiger partial charge on any atom is -0.431 e. The molecule has 6 nitrogen and oxygen atoms in total. The molecule has 1 heterocycles. The van der Waals surface area contributed by atoms with E-state index >= 15 is 0 Å². The number of nitrogens with zero attached hydrogens (tertiary/aromatic N) is 3. The van der Waals surface area contributed by atoms with E-state index in [1.165, 1.54) is 12.4 Å². The number of aryl methyl sites for hydroxylation is 1. The molecule has 116 valence electrons. The lowest BCUT2D eigenvalue weighted by molar-refractivity contribution is -0.385. The van der Waals surface area contributed by atoms with Crippen LogP contribution in [-0.4, -0.2) is 14.9 Å². The summed E-state index contributed by atoms with van der Waals surface area (Å²) in [7, 11) is 0. The van der Waals surface area contributed by atoms with Crippen molar-refractivity contribution in [2.75, 3.05) is 0 Å². The maximum absolute atomic E-state index is 11.3. The molecule has 23 heavy (non-hydrogen) atoms. The molecular weight excluding hydrogens is 318 g/mol. The summed E-state index contributed by atoms with van der Waals surface area (Å²) >= 11 is 5.94. The van der Waals surface area contributed by atoms with Crippen LogP contribution < -0.4 is 4.74 Å². The Bertz CT molecular complexity index is 899. The van der Waals surface area contributed by atoms with E-state index in [1.807, 2.05) is 6.92 Å². The van der Waals surface area contributed by atoms with Gasteiger partial charge in [0, 0.05) is 11.1 Å². The van der Waals surface area contributed by atoms with Gasteiger partial charge in [0.05, 0.1) is 15.8 Å². The smallest absolute Gasteiger partial charge is 0.311 e. The Labute approximate surface area is 136 Å². The number of fused-ring (bicyclic) bond motifs is 1. The van der Waals surface area contributed by atoms with Crippen molar-refractivity contribution in [3.05, 3.63) is 63.4 Å². The van der Waals surface area contributed by atoms with Crippen molar-refractivity contribution in [3.8, 4) is 11.6 Å². The van der Waals surface area contributed by atoms with Gasteiger partial charge >= 0.3 is 5.69 Å². The first-order chi connectivity index (χ1) is 11.1. The maximum atomic E-state index is 11.3. The quantitative estimate of drug-likeness (QED) is 0.518. The number of nitro benzene ring substituents is 1. The molecule has 0 aliphatic carbocycles. The van der Waals surface area contributed by atoms with E-state index in [0.717, 1.165) is 5.56 Å². The summed E-state index contributed by atoms with van der Waals surface area (Å²) in [6, 6.07) is 9.98. The van der Waals surface area contributed by atoms with Crippen LogP contribution in [0.1, 0.15) is 12.5 Å². The van der Waals surface area contributed by atoms with E-state index in [9.17, 15) is 10.1 Å². The Morgan fingerprint density at radius 2 is 2.04 bits per heavy atom. The van der Waals surface area contributed by atoms with Gasteiger partial charge in [-0.15, -0.1) is 0 Å². The molecule has 0 unspecified atom stereocenters. The van der Waals surface area contributed by atoms with Gasteiger partial charge in [-0.2, -0.15) is 0 Å². The minimum atomic E-state index is -0.464. The molecule has 0 saturated carbocycles. The van der Waals surface area contributed by atoms with E-state index in [2.05, 4.69) is 9.97 Å². The fraction of sp³-hybridized carbons (Fsp3) is 0.125. The largest absolute Gasteiger partial charge is 0.431 e. The summed E-state index contributed by atoms with van der Waals surface area (Å²) < 4.78 is 5.69. The second kappa shape index (κ2) is 6.18. The van der Waals surface area contributed by atoms with Gasteiger partial charge in [-0.25, -0.2) is 9.97 Å². The Balaban J connectivity index is 2.07. The number of hydrogen-bond donors (Lipinski definition) is 0.